The molecule has 5 rings (SSSR count). The van der Waals surface area contributed by atoms with Crippen LogP contribution in [-0.4, -0.2) is 48.3 Å². The van der Waals surface area contributed by atoms with Crippen LogP contribution in [0.25, 0.3) is 10.8 Å². The first-order valence-corrected chi connectivity index (χ1v) is 11.8. The fourth-order valence-electron chi connectivity index (χ4n) is 4.46. The van der Waals surface area contributed by atoms with Crippen molar-refractivity contribution in [3.63, 3.8) is 0 Å². The summed E-state index contributed by atoms with van der Waals surface area (Å²) in [7, 11) is 0. The Bertz CT molecular complexity index is 1330. The van der Waals surface area contributed by atoms with Crippen molar-refractivity contribution in [1.29, 1.82) is 0 Å². The molecule has 4 aromatic rings. The van der Waals surface area contributed by atoms with E-state index in [0.717, 1.165) is 43.5 Å². The number of amides is 1. The highest BCUT2D eigenvalue weighted by Gasteiger charge is 2.17. The second-order valence-electron chi connectivity index (χ2n) is 8.71. The van der Waals surface area contributed by atoms with Crippen molar-refractivity contribution in [2.45, 2.75) is 6.54 Å². The van der Waals surface area contributed by atoms with Gasteiger partial charge in [0.25, 0.3) is 5.91 Å². The van der Waals surface area contributed by atoms with E-state index in [1.54, 1.807) is 6.07 Å². The van der Waals surface area contributed by atoms with Gasteiger partial charge in [0.15, 0.2) is 0 Å². The minimum absolute atomic E-state index is 0.121. The van der Waals surface area contributed by atoms with Gasteiger partial charge >= 0.3 is 0 Å². The molecule has 1 aliphatic heterocycles. The number of hydrogen-bond donors (Lipinski definition) is 2. The Hall–Kier alpha value is -4.16. The van der Waals surface area contributed by atoms with E-state index in [4.69, 9.17) is 0 Å². The summed E-state index contributed by atoms with van der Waals surface area (Å²) in [6.07, 6.45) is 1.49. The van der Waals surface area contributed by atoms with Crippen LogP contribution in [0.4, 0.5) is 5.69 Å². The third-order valence-corrected chi connectivity index (χ3v) is 6.42. The Balaban J connectivity index is 1.15. The zero-order chi connectivity index (χ0) is 24.0. The number of hydrogen-bond acceptors (Lipinski definition) is 5. The number of hydrazone groups is 1. The first-order valence-electron chi connectivity index (χ1n) is 11.8. The van der Waals surface area contributed by atoms with E-state index >= 15 is 0 Å². The second kappa shape index (κ2) is 10.4. The zero-order valence-corrected chi connectivity index (χ0v) is 19.5. The van der Waals surface area contributed by atoms with Crippen LogP contribution < -0.4 is 10.3 Å². The maximum atomic E-state index is 12.6. The molecule has 1 saturated heterocycles. The van der Waals surface area contributed by atoms with Gasteiger partial charge in [0.1, 0.15) is 5.75 Å². The first-order chi connectivity index (χ1) is 17.2. The molecule has 0 radical (unpaired) electrons. The van der Waals surface area contributed by atoms with Gasteiger partial charge in [-0.25, -0.2) is 5.43 Å². The standard InChI is InChI=1S/C29H28N4O2/c34-28-15-14-23-6-4-5-9-26(23)27(28)20-30-31-29(35)24-12-10-22(11-13-24)21-32-16-18-33(19-17-32)25-7-2-1-3-8-25/h1-15,20,34H,16-19,21H2,(H,31,35)/b30-20+. The summed E-state index contributed by atoms with van der Waals surface area (Å²) in [6.45, 7) is 4.90. The van der Waals surface area contributed by atoms with Crippen LogP contribution in [0.2, 0.25) is 0 Å². The van der Waals surface area contributed by atoms with Crippen molar-refractivity contribution in [3.8, 4) is 5.75 Å². The lowest BCUT2D eigenvalue weighted by Crippen LogP contribution is -2.45. The highest BCUT2D eigenvalue weighted by Crippen LogP contribution is 2.25. The van der Waals surface area contributed by atoms with Crippen LogP contribution >= 0.6 is 0 Å². The number of phenolic OH excluding ortho intramolecular Hbond substituents is 1. The molecule has 4 aromatic carbocycles. The predicted molar refractivity (Wildman–Crippen MR) is 141 cm³/mol. The largest absolute Gasteiger partial charge is 0.507 e. The van der Waals surface area contributed by atoms with Crippen molar-refractivity contribution in [1.82, 2.24) is 10.3 Å². The van der Waals surface area contributed by atoms with Crippen LogP contribution in [0, 0.1) is 0 Å². The van der Waals surface area contributed by atoms with E-state index in [1.165, 1.54) is 17.5 Å². The smallest absolute Gasteiger partial charge is 0.271 e. The SMILES string of the molecule is O=C(N/N=C/c1c(O)ccc2ccccc12)c1ccc(CN2CCN(c3ccccc3)CC2)cc1. The molecular formula is C29H28N4O2. The molecule has 0 atom stereocenters. The van der Waals surface area contributed by atoms with Crippen LogP contribution in [-0.2, 0) is 6.54 Å². The number of piperazine rings is 1. The van der Waals surface area contributed by atoms with Gasteiger partial charge < -0.3 is 10.0 Å². The number of fused-ring (bicyclic) bond motifs is 1. The molecule has 6 nitrogen and oxygen atoms in total. The van der Waals surface area contributed by atoms with E-state index in [9.17, 15) is 9.90 Å². The zero-order valence-electron chi connectivity index (χ0n) is 19.5. The monoisotopic (exact) mass is 464 g/mol. The van der Waals surface area contributed by atoms with Crippen LogP contribution in [0.15, 0.2) is 96.1 Å². The summed E-state index contributed by atoms with van der Waals surface area (Å²) >= 11 is 0. The lowest BCUT2D eigenvalue weighted by Gasteiger charge is -2.36. The van der Waals surface area contributed by atoms with E-state index < -0.39 is 0 Å². The van der Waals surface area contributed by atoms with Crippen molar-refractivity contribution >= 4 is 28.6 Å². The minimum atomic E-state index is -0.288. The normalized spacial score (nSPS) is 14.5. The van der Waals surface area contributed by atoms with Crippen LogP contribution in [0.3, 0.4) is 0 Å². The average molecular weight is 465 g/mol. The summed E-state index contributed by atoms with van der Waals surface area (Å²) < 4.78 is 0. The molecule has 2 N–H and O–H groups in total. The number of para-hydroxylation sites is 1. The number of carbonyl (C=O) groups is 1. The molecule has 1 heterocycles. The number of nitrogens with zero attached hydrogens (tertiary/aromatic N) is 3. The van der Waals surface area contributed by atoms with Gasteiger partial charge in [-0.3, -0.25) is 9.69 Å². The minimum Gasteiger partial charge on any atom is -0.507 e. The van der Waals surface area contributed by atoms with Crippen LogP contribution in [0.1, 0.15) is 21.5 Å². The van der Waals surface area contributed by atoms with Crippen LogP contribution in [0.5, 0.6) is 5.75 Å². The van der Waals surface area contributed by atoms with Gasteiger partial charge in [0.2, 0.25) is 0 Å². The molecule has 6 heteroatoms. The van der Waals surface area contributed by atoms with Gasteiger partial charge in [-0.2, -0.15) is 5.10 Å². The van der Waals surface area contributed by atoms with E-state index in [1.807, 2.05) is 60.7 Å². The number of benzene rings is 4. The summed E-state index contributed by atoms with van der Waals surface area (Å²) in [5.41, 5.74) is 6.14. The molecule has 1 amide bonds. The number of nitrogens with one attached hydrogen (secondary N) is 1. The quantitative estimate of drug-likeness (QED) is 0.322. The summed E-state index contributed by atoms with van der Waals surface area (Å²) in [6, 6.07) is 29.4. The number of phenols is 1. The van der Waals surface area contributed by atoms with Gasteiger partial charge in [-0.05, 0) is 46.7 Å². The maximum Gasteiger partial charge on any atom is 0.271 e. The molecule has 176 valence electrons. The van der Waals surface area contributed by atoms with Gasteiger partial charge in [-0.15, -0.1) is 0 Å². The van der Waals surface area contributed by atoms with Gasteiger partial charge in [0.05, 0.1) is 6.21 Å². The van der Waals surface area contributed by atoms with Crippen molar-refractivity contribution in [2.24, 2.45) is 5.10 Å². The lowest BCUT2D eigenvalue weighted by atomic mass is 10.0. The molecule has 0 saturated carbocycles. The fraction of sp³-hybridized carbons (Fsp3) is 0.172. The molecule has 0 bridgehead atoms. The summed E-state index contributed by atoms with van der Waals surface area (Å²) in [5.74, 6) is -0.167. The molecule has 1 fully saturated rings. The molecule has 35 heavy (non-hydrogen) atoms. The van der Waals surface area contributed by atoms with Gasteiger partial charge in [0, 0.05) is 49.5 Å². The Kier molecular flexibility index (Phi) is 6.73. The molecular weight excluding hydrogens is 436 g/mol. The highest BCUT2D eigenvalue weighted by molar-refractivity contribution is 6.03. The van der Waals surface area contributed by atoms with E-state index in [0.29, 0.717) is 11.1 Å². The number of rotatable bonds is 6. The molecule has 0 aromatic heterocycles. The van der Waals surface area contributed by atoms with Crippen molar-refractivity contribution < 1.29 is 9.90 Å². The Morgan fingerprint density at radius 3 is 2.34 bits per heavy atom. The number of carbonyl (C=O) groups excluding carboxylic acids is 1. The maximum absolute atomic E-state index is 12.6. The number of aromatic hydroxyl groups is 1. The molecule has 0 unspecified atom stereocenters. The predicted octanol–water partition coefficient (Wildman–Crippen LogP) is 4.63. The Morgan fingerprint density at radius 1 is 0.857 bits per heavy atom. The topological polar surface area (TPSA) is 68.2 Å². The lowest BCUT2D eigenvalue weighted by molar-refractivity contribution is 0.0955. The average Bonchev–Trinajstić information content (AvgIpc) is 2.91. The Labute approximate surface area is 205 Å². The fourth-order valence-corrected chi connectivity index (χ4v) is 4.46. The number of anilines is 1. The molecule has 0 aliphatic carbocycles. The third kappa shape index (κ3) is 5.34. The van der Waals surface area contributed by atoms with Crippen molar-refractivity contribution in [3.05, 3.63) is 108 Å². The second-order valence-corrected chi connectivity index (χ2v) is 8.71. The first kappa shape index (κ1) is 22.6. The third-order valence-electron chi connectivity index (χ3n) is 6.42. The summed E-state index contributed by atoms with van der Waals surface area (Å²) in [4.78, 5) is 17.4. The molecule has 0 spiro atoms. The van der Waals surface area contributed by atoms with Crippen molar-refractivity contribution in [2.75, 3.05) is 31.1 Å². The molecule has 1 aliphatic rings. The van der Waals surface area contributed by atoms with E-state index in [2.05, 4.69) is 44.6 Å². The summed E-state index contributed by atoms with van der Waals surface area (Å²) in [5, 5.41) is 16.2. The Morgan fingerprint density at radius 2 is 1.57 bits per heavy atom. The van der Waals surface area contributed by atoms with E-state index in [-0.39, 0.29) is 11.7 Å². The highest BCUT2D eigenvalue weighted by atomic mass is 16.3. The van der Waals surface area contributed by atoms with Gasteiger partial charge in [-0.1, -0.05) is 60.7 Å².